The van der Waals surface area contributed by atoms with Gasteiger partial charge in [-0.05, 0) is 29.7 Å². The molecule has 0 bridgehead atoms. The highest BCUT2D eigenvalue weighted by Crippen LogP contribution is 2.18. The molecule has 106 valence electrons. The van der Waals surface area contributed by atoms with Crippen LogP contribution in [0.4, 0.5) is 0 Å². The first-order valence-corrected chi connectivity index (χ1v) is 7.28. The van der Waals surface area contributed by atoms with Crippen LogP contribution in [0.15, 0.2) is 48.5 Å². The van der Waals surface area contributed by atoms with Crippen molar-refractivity contribution in [3.63, 3.8) is 0 Å². The summed E-state index contributed by atoms with van der Waals surface area (Å²) in [6.45, 7) is 5.33. The molecule has 0 radical (unpaired) electrons. The van der Waals surface area contributed by atoms with E-state index in [-0.39, 0.29) is 0 Å². The lowest BCUT2D eigenvalue weighted by Crippen LogP contribution is -2.28. The first kappa shape index (κ1) is 15.0. The monoisotopic (exact) mass is 288 g/mol. The number of halogens is 1. The molecule has 2 nitrogen and oxygen atoms in total. The lowest BCUT2D eigenvalue weighted by molar-refractivity contribution is 0.264. The number of nitrogens with two attached hydrogens (primary N) is 1. The number of hydrogen-bond donors (Lipinski definition) is 1. The van der Waals surface area contributed by atoms with Crippen molar-refractivity contribution >= 4 is 11.6 Å². The molecule has 0 saturated heterocycles. The zero-order chi connectivity index (χ0) is 14.4. The maximum Gasteiger partial charge on any atom is 0.0438 e. The summed E-state index contributed by atoms with van der Waals surface area (Å²) in [5, 5.41) is 0.829. The van der Waals surface area contributed by atoms with Crippen LogP contribution in [0.25, 0.3) is 0 Å². The van der Waals surface area contributed by atoms with Gasteiger partial charge < -0.3 is 5.73 Å². The van der Waals surface area contributed by atoms with E-state index in [1.807, 2.05) is 19.1 Å². The van der Waals surface area contributed by atoms with E-state index >= 15 is 0 Å². The highest BCUT2D eigenvalue weighted by Gasteiger charge is 2.07. The van der Waals surface area contributed by atoms with Gasteiger partial charge in [-0.25, -0.2) is 0 Å². The van der Waals surface area contributed by atoms with Crippen molar-refractivity contribution in [1.29, 1.82) is 0 Å². The molecule has 2 N–H and O–H groups in total. The van der Waals surface area contributed by atoms with Crippen molar-refractivity contribution in [1.82, 2.24) is 4.90 Å². The Morgan fingerprint density at radius 2 is 1.70 bits per heavy atom. The summed E-state index contributed by atoms with van der Waals surface area (Å²) in [5.41, 5.74) is 9.37. The first-order valence-electron chi connectivity index (χ1n) is 6.90. The highest BCUT2D eigenvalue weighted by atomic mass is 35.5. The third-order valence-electron chi connectivity index (χ3n) is 3.34. The van der Waals surface area contributed by atoms with Gasteiger partial charge in [-0.1, -0.05) is 54.1 Å². The molecular formula is C17H21ClN2. The Kier molecular flexibility index (Phi) is 5.60. The van der Waals surface area contributed by atoms with Crippen molar-refractivity contribution in [2.24, 2.45) is 5.73 Å². The van der Waals surface area contributed by atoms with E-state index in [1.165, 1.54) is 11.1 Å². The minimum atomic E-state index is 0.659. The number of nitrogens with zero attached hydrogens (tertiary/aromatic N) is 1. The standard InChI is InChI=1S/C17H21ClN2/c1-14-7-8-16(11-17(14)18)13-20(10-9-19)12-15-5-3-2-4-6-15/h2-8,11H,9-10,12-13,19H2,1H3. The molecular weight excluding hydrogens is 268 g/mol. The van der Waals surface area contributed by atoms with E-state index in [0.29, 0.717) is 6.54 Å². The van der Waals surface area contributed by atoms with Crippen LogP contribution in [0.3, 0.4) is 0 Å². The molecule has 0 heterocycles. The minimum Gasteiger partial charge on any atom is -0.329 e. The largest absolute Gasteiger partial charge is 0.329 e. The molecule has 2 aromatic rings. The van der Waals surface area contributed by atoms with Gasteiger partial charge in [0.15, 0.2) is 0 Å². The van der Waals surface area contributed by atoms with Gasteiger partial charge in [0.1, 0.15) is 0 Å². The van der Waals surface area contributed by atoms with Crippen LogP contribution < -0.4 is 5.73 Å². The number of hydrogen-bond acceptors (Lipinski definition) is 2. The van der Waals surface area contributed by atoms with Gasteiger partial charge in [0.2, 0.25) is 0 Å². The van der Waals surface area contributed by atoms with E-state index < -0.39 is 0 Å². The van der Waals surface area contributed by atoms with Crippen LogP contribution in [0.5, 0.6) is 0 Å². The second-order valence-corrected chi connectivity index (χ2v) is 5.48. The van der Waals surface area contributed by atoms with Crippen LogP contribution in [0.1, 0.15) is 16.7 Å². The van der Waals surface area contributed by atoms with Crippen LogP contribution in [-0.2, 0) is 13.1 Å². The quantitative estimate of drug-likeness (QED) is 0.880. The van der Waals surface area contributed by atoms with Crippen LogP contribution in [0, 0.1) is 6.92 Å². The van der Waals surface area contributed by atoms with Crippen molar-refractivity contribution < 1.29 is 0 Å². The Morgan fingerprint density at radius 1 is 1.00 bits per heavy atom. The fraction of sp³-hybridized carbons (Fsp3) is 0.294. The summed E-state index contributed by atoms with van der Waals surface area (Å²) in [7, 11) is 0. The van der Waals surface area contributed by atoms with Gasteiger partial charge >= 0.3 is 0 Å². The molecule has 3 heteroatoms. The molecule has 0 atom stereocenters. The molecule has 0 aliphatic carbocycles. The van der Waals surface area contributed by atoms with Crippen LogP contribution in [0.2, 0.25) is 5.02 Å². The lowest BCUT2D eigenvalue weighted by Gasteiger charge is -2.22. The predicted molar refractivity (Wildman–Crippen MR) is 85.8 cm³/mol. The first-order chi connectivity index (χ1) is 9.69. The molecule has 0 unspecified atom stereocenters. The Bertz CT molecular complexity index is 540. The third-order valence-corrected chi connectivity index (χ3v) is 3.74. The Morgan fingerprint density at radius 3 is 2.35 bits per heavy atom. The molecule has 0 aliphatic heterocycles. The average Bonchev–Trinajstić information content (AvgIpc) is 2.44. The topological polar surface area (TPSA) is 29.3 Å². The fourth-order valence-electron chi connectivity index (χ4n) is 2.23. The van der Waals surface area contributed by atoms with Gasteiger partial charge in [0.25, 0.3) is 0 Å². The smallest absolute Gasteiger partial charge is 0.0438 e. The molecule has 20 heavy (non-hydrogen) atoms. The van der Waals surface area contributed by atoms with Gasteiger partial charge in [0, 0.05) is 31.2 Å². The molecule has 0 aliphatic rings. The Labute approximate surface area is 126 Å². The maximum absolute atomic E-state index is 6.19. The second kappa shape index (κ2) is 7.44. The number of aryl methyl sites for hydroxylation is 1. The summed E-state index contributed by atoms with van der Waals surface area (Å²) in [6, 6.07) is 16.7. The van der Waals surface area contributed by atoms with Gasteiger partial charge in [-0.15, -0.1) is 0 Å². The number of benzene rings is 2. The van der Waals surface area contributed by atoms with Crippen molar-refractivity contribution in [3.05, 3.63) is 70.2 Å². The summed E-state index contributed by atoms with van der Waals surface area (Å²) in [4.78, 5) is 2.34. The van der Waals surface area contributed by atoms with Crippen molar-refractivity contribution in [2.45, 2.75) is 20.0 Å². The third kappa shape index (κ3) is 4.34. The molecule has 0 spiro atoms. The zero-order valence-electron chi connectivity index (χ0n) is 11.8. The lowest BCUT2D eigenvalue weighted by atomic mass is 10.1. The van der Waals surface area contributed by atoms with E-state index in [4.69, 9.17) is 17.3 Å². The molecule has 2 aromatic carbocycles. The van der Waals surface area contributed by atoms with Crippen LogP contribution >= 0.6 is 11.6 Å². The van der Waals surface area contributed by atoms with Gasteiger partial charge in [0.05, 0.1) is 0 Å². The van der Waals surface area contributed by atoms with E-state index in [0.717, 1.165) is 30.2 Å². The van der Waals surface area contributed by atoms with E-state index in [1.54, 1.807) is 0 Å². The minimum absolute atomic E-state index is 0.659. The fourth-order valence-corrected chi connectivity index (χ4v) is 2.43. The second-order valence-electron chi connectivity index (χ2n) is 5.07. The summed E-state index contributed by atoms with van der Waals surface area (Å²) < 4.78 is 0. The van der Waals surface area contributed by atoms with Gasteiger partial charge in [-0.3, -0.25) is 4.90 Å². The molecule has 0 aromatic heterocycles. The average molecular weight is 289 g/mol. The molecule has 0 saturated carbocycles. The maximum atomic E-state index is 6.19. The summed E-state index contributed by atoms with van der Waals surface area (Å²) in [6.07, 6.45) is 0. The molecule has 0 amide bonds. The summed E-state index contributed by atoms with van der Waals surface area (Å²) in [5.74, 6) is 0. The molecule has 2 rings (SSSR count). The summed E-state index contributed by atoms with van der Waals surface area (Å²) >= 11 is 6.19. The van der Waals surface area contributed by atoms with Crippen LogP contribution in [-0.4, -0.2) is 18.0 Å². The molecule has 0 fully saturated rings. The normalized spacial score (nSPS) is 11.0. The van der Waals surface area contributed by atoms with E-state index in [9.17, 15) is 0 Å². The highest BCUT2D eigenvalue weighted by molar-refractivity contribution is 6.31. The van der Waals surface area contributed by atoms with Crippen molar-refractivity contribution in [2.75, 3.05) is 13.1 Å². The van der Waals surface area contributed by atoms with E-state index in [2.05, 4.69) is 41.3 Å². The SMILES string of the molecule is Cc1ccc(CN(CCN)Cc2ccccc2)cc1Cl. The zero-order valence-corrected chi connectivity index (χ0v) is 12.6. The van der Waals surface area contributed by atoms with Crippen molar-refractivity contribution in [3.8, 4) is 0 Å². The Balaban J connectivity index is 2.06. The number of rotatable bonds is 6. The predicted octanol–water partition coefficient (Wildman–Crippen LogP) is 3.61. The Hall–Kier alpha value is -1.35. The van der Waals surface area contributed by atoms with Gasteiger partial charge in [-0.2, -0.15) is 0 Å².